The van der Waals surface area contributed by atoms with Crippen LogP contribution in [0.25, 0.3) is 0 Å². The van der Waals surface area contributed by atoms with Gasteiger partial charge in [-0.3, -0.25) is 4.55 Å². The summed E-state index contributed by atoms with van der Waals surface area (Å²) in [7, 11) is -3.74. The van der Waals surface area contributed by atoms with E-state index in [1.807, 2.05) is 6.92 Å². The third-order valence-corrected chi connectivity index (χ3v) is 2.18. The summed E-state index contributed by atoms with van der Waals surface area (Å²) >= 11 is 0. The van der Waals surface area contributed by atoms with Gasteiger partial charge in [-0.2, -0.15) is 8.42 Å². The number of hydrogen-bond donors (Lipinski definition) is 1. The van der Waals surface area contributed by atoms with Crippen LogP contribution < -0.4 is 0 Å². The molecule has 0 aliphatic heterocycles. The van der Waals surface area contributed by atoms with Crippen molar-refractivity contribution in [2.24, 2.45) is 5.92 Å². The van der Waals surface area contributed by atoms with Crippen molar-refractivity contribution in [3.05, 3.63) is 0 Å². The molecule has 1 unspecified atom stereocenters. The van der Waals surface area contributed by atoms with Crippen LogP contribution in [0.15, 0.2) is 0 Å². The normalized spacial score (nSPS) is 13.9. The molecule has 1 atom stereocenters. The van der Waals surface area contributed by atoms with Crippen LogP contribution in [0, 0.1) is 5.92 Å². The molecule has 58 valence electrons. The van der Waals surface area contributed by atoms with Crippen molar-refractivity contribution in [3.63, 3.8) is 0 Å². The van der Waals surface area contributed by atoms with Gasteiger partial charge in [0.15, 0.2) is 0 Å². The predicted octanol–water partition coefficient (Wildman–Crippen LogP) is 0.272. The summed E-state index contributed by atoms with van der Waals surface area (Å²) in [6.45, 7) is 3.67. The standard InChI is InChI=1S/C5H12O3S.Li.H/c1-3-5(2)4-9(6,7)8;;/h5H,3-4H2,1-2H3,(H,6,7,8);;. The van der Waals surface area contributed by atoms with E-state index in [0.717, 1.165) is 6.42 Å². The zero-order chi connectivity index (χ0) is 7.49. The maximum absolute atomic E-state index is 10.2. The molecular weight excluding hydrogens is 147 g/mol. The van der Waals surface area contributed by atoms with Crippen molar-refractivity contribution >= 4 is 29.0 Å². The van der Waals surface area contributed by atoms with Crippen molar-refractivity contribution in [1.29, 1.82) is 0 Å². The Labute approximate surface area is 74.1 Å². The Bertz CT molecular complexity index is 164. The molecule has 0 aromatic heterocycles. The first-order valence-corrected chi connectivity index (χ1v) is 4.51. The SMILES string of the molecule is CCC(C)CS(=O)(=O)O.[LiH]. The van der Waals surface area contributed by atoms with Gasteiger partial charge in [0.05, 0.1) is 5.75 Å². The molecule has 0 bridgehead atoms. The summed E-state index contributed by atoms with van der Waals surface area (Å²) in [6, 6.07) is 0. The Hall–Kier alpha value is 0.507. The van der Waals surface area contributed by atoms with Crippen molar-refractivity contribution < 1.29 is 13.0 Å². The average Bonchev–Trinajstić information content (AvgIpc) is 1.62. The van der Waals surface area contributed by atoms with Crippen LogP contribution >= 0.6 is 0 Å². The molecule has 0 saturated heterocycles. The first kappa shape index (κ1) is 13.1. The number of rotatable bonds is 3. The molecule has 0 aromatic rings. The Kier molecular flexibility index (Phi) is 6.82. The van der Waals surface area contributed by atoms with E-state index >= 15 is 0 Å². The minimum absolute atomic E-state index is 0. The zero-order valence-corrected chi connectivity index (χ0v) is 6.48. The van der Waals surface area contributed by atoms with Crippen LogP contribution in [0.4, 0.5) is 0 Å². The number of hydrogen-bond acceptors (Lipinski definition) is 2. The van der Waals surface area contributed by atoms with Gasteiger partial charge in [0.2, 0.25) is 0 Å². The molecule has 0 heterocycles. The van der Waals surface area contributed by atoms with Gasteiger partial charge in [-0.15, -0.1) is 0 Å². The fraction of sp³-hybridized carbons (Fsp3) is 1.00. The van der Waals surface area contributed by atoms with E-state index in [-0.39, 0.29) is 30.5 Å². The van der Waals surface area contributed by atoms with Crippen LogP contribution in [-0.2, 0) is 10.1 Å². The van der Waals surface area contributed by atoms with Crippen LogP contribution in [0.5, 0.6) is 0 Å². The van der Waals surface area contributed by atoms with Crippen LogP contribution in [0.3, 0.4) is 0 Å². The van der Waals surface area contributed by atoms with Gasteiger partial charge in [-0.05, 0) is 5.92 Å². The van der Waals surface area contributed by atoms with Crippen molar-refractivity contribution in [3.8, 4) is 0 Å². The Morgan fingerprint density at radius 2 is 1.90 bits per heavy atom. The second-order valence-electron chi connectivity index (χ2n) is 2.26. The average molecular weight is 160 g/mol. The van der Waals surface area contributed by atoms with E-state index in [1.165, 1.54) is 0 Å². The Morgan fingerprint density at radius 3 is 2.00 bits per heavy atom. The second kappa shape index (κ2) is 5.20. The minimum atomic E-state index is -3.74. The molecule has 0 spiro atoms. The summed E-state index contributed by atoms with van der Waals surface area (Å²) in [5.74, 6) is -0.0660. The van der Waals surface area contributed by atoms with E-state index in [4.69, 9.17) is 4.55 Å². The van der Waals surface area contributed by atoms with Gasteiger partial charge < -0.3 is 0 Å². The molecular formula is C5H13LiO3S. The van der Waals surface area contributed by atoms with E-state index in [2.05, 4.69) is 0 Å². The van der Waals surface area contributed by atoms with E-state index in [0.29, 0.717) is 0 Å². The van der Waals surface area contributed by atoms with E-state index in [9.17, 15) is 8.42 Å². The third-order valence-electron chi connectivity index (χ3n) is 1.19. The van der Waals surface area contributed by atoms with Gasteiger partial charge in [0, 0.05) is 0 Å². The zero-order valence-electron chi connectivity index (χ0n) is 5.66. The summed E-state index contributed by atoms with van der Waals surface area (Å²) in [4.78, 5) is 0. The van der Waals surface area contributed by atoms with Gasteiger partial charge in [-0.25, -0.2) is 0 Å². The van der Waals surface area contributed by atoms with Gasteiger partial charge in [0.25, 0.3) is 10.1 Å². The van der Waals surface area contributed by atoms with Crippen LogP contribution in [-0.4, -0.2) is 37.6 Å². The molecule has 1 N–H and O–H groups in total. The molecule has 0 aliphatic carbocycles. The molecule has 0 saturated carbocycles. The molecule has 3 nitrogen and oxygen atoms in total. The van der Waals surface area contributed by atoms with Crippen molar-refractivity contribution in [2.45, 2.75) is 20.3 Å². The Morgan fingerprint density at radius 1 is 1.50 bits per heavy atom. The van der Waals surface area contributed by atoms with Gasteiger partial charge in [-0.1, -0.05) is 20.3 Å². The van der Waals surface area contributed by atoms with Crippen LogP contribution in [0.1, 0.15) is 20.3 Å². The molecule has 0 aliphatic rings. The maximum atomic E-state index is 10.2. The fourth-order valence-corrected chi connectivity index (χ4v) is 1.43. The van der Waals surface area contributed by atoms with Crippen LogP contribution in [0.2, 0.25) is 0 Å². The molecule has 0 aromatic carbocycles. The van der Waals surface area contributed by atoms with E-state index < -0.39 is 10.1 Å². The summed E-state index contributed by atoms with van der Waals surface area (Å²) < 4.78 is 28.6. The molecule has 10 heavy (non-hydrogen) atoms. The van der Waals surface area contributed by atoms with Crippen molar-refractivity contribution in [1.82, 2.24) is 0 Å². The van der Waals surface area contributed by atoms with Crippen molar-refractivity contribution in [2.75, 3.05) is 5.75 Å². The summed E-state index contributed by atoms with van der Waals surface area (Å²) in [5, 5.41) is 0. The summed E-state index contributed by atoms with van der Waals surface area (Å²) in [5.41, 5.74) is 0. The van der Waals surface area contributed by atoms with E-state index in [1.54, 1.807) is 6.92 Å². The first-order valence-electron chi connectivity index (χ1n) is 2.91. The third kappa shape index (κ3) is 8.51. The van der Waals surface area contributed by atoms with Gasteiger partial charge >= 0.3 is 18.9 Å². The molecule has 0 amide bonds. The Balaban J connectivity index is 0. The van der Waals surface area contributed by atoms with Gasteiger partial charge in [0.1, 0.15) is 0 Å². The second-order valence-corrected chi connectivity index (χ2v) is 3.76. The molecule has 0 rings (SSSR count). The quantitative estimate of drug-likeness (QED) is 0.476. The molecule has 0 radical (unpaired) electrons. The fourth-order valence-electron chi connectivity index (χ4n) is 0.477. The summed E-state index contributed by atoms with van der Waals surface area (Å²) in [6.07, 6.45) is 0.778. The first-order chi connectivity index (χ1) is 3.95. The predicted molar refractivity (Wildman–Crippen MR) is 43.0 cm³/mol. The monoisotopic (exact) mass is 160 g/mol. The molecule has 5 heteroatoms. The molecule has 0 fully saturated rings. The topological polar surface area (TPSA) is 54.4 Å².